The van der Waals surface area contributed by atoms with Crippen molar-refractivity contribution in [2.45, 2.75) is 23.8 Å². The van der Waals surface area contributed by atoms with Crippen molar-refractivity contribution in [3.63, 3.8) is 0 Å². The van der Waals surface area contributed by atoms with Gasteiger partial charge in [-0.25, -0.2) is 23.7 Å². The van der Waals surface area contributed by atoms with Gasteiger partial charge < -0.3 is 15.2 Å². The summed E-state index contributed by atoms with van der Waals surface area (Å²) in [5, 5.41) is 9.20. The molecule has 13 heteroatoms. The minimum atomic E-state index is -2.15. The molecule has 4 heterocycles. The third kappa shape index (κ3) is 6.48. The second-order valence-electron chi connectivity index (χ2n) is 8.62. The zero-order valence-electron chi connectivity index (χ0n) is 20.3. The maximum absolute atomic E-state index is 13.9. The van der Waals surface area contributed by atoms with Gasteiger partial charge in [-0.05, 0) is 85.5 Å². The summed E-state index contributed by atoms with van der Waals surface area (Å²) in [5.41, 5.74) is 2.45. The molecule has 0 amide bonds. The number of imidazole rings is 1. The van der Waals surface area contributed by atoms with E-state index in [0.717, 1.165) is 42.7 Å². The first-order valence-corrected chi connectivity index (χ1v) is 14.3. The van der Waals surface area contributed by atoms with Crippen molar-refractivity contribution >= 4 is 44.9 Å². The molecule has 0 spiro atoms. The molecule has 2 aromatic carbocycles. The molecule has 1 aliphatic heterocycles. The van der Waals surface area contributed by atoms with Gasteiger partial charge in [-0.3, -0.25) is 8.61 Å². The van der Waals surface area contributed by atoms with E-state index in [4.69, 9.17) is 16.6 Å². The van der Waals surface area contributed by atoms with Gasteiger partial charge in [0.15, 0.2) is 16.6 Å². The normalized spacial score (nSPS) is 14.6. The quantitative estimate of drug-likeness (QED) is 0.260. The topological polar surface area (TPSA) is 107 Å². The van der Waals surface area contributed by atoms with Crippen LogP contribution in [0.5, 0.6) is 0 Å². The molecule has 8 nitrogen and oxygen atoms in total. The minimum Gasteiger partial charge on any atom is -0.768 e. The van der Waals surface area contributed by atoms with Crippen LogP contribution in [-0.2, 0) is 11.1 Å². The van der Waals surface area contributed by atoms with E-state index in [1.165, 1.54) is 47.7 Å². The third-order valence-electron chi connectivity index (χ3n) is 6.03. The maximum atomic E-state index is 13.9. The lowest BCUT2D eigenvalue weighted by Crippen LogP contribution is -2.35. The van der Waals surface area contributed by atoms with Gasteiger partial charge in [0.25, 0.3) is 0 Å². The fourth-order valence-electron chi connectivity index (χ4n) is 4.13. The lowest BCUT2D eigenvalue weighted by atomic mass is 10.1. The fourth-order valence-corrected chi connectivity index (χ4v) is 5.33. The Hall–Kier alpha value is -3.29. The van der Waals surface area contributed by atoms with E-state index >= 15 is 0 Å². The van der Waals surface area contributed by atoms with Gasteiger partial charge in [-0.15, -0.1) is 11.3 Å². The molecule has 1 saturated heterocycles. The van der Waals surface area contributed by atoms with E-state index in [1.54, 1.807) is 12.3 Å². The van der Waals surface area contributed by atoms with Gasteiger partial charge in [0.2, 0.25) is 5.95 Å². The Labute approximate surface area is 234 Å². The molecular formula is C26H22ClF2N6O2S2-. The number of aromatic nitrogens is 4. The second kappa shape index (κ2) is 12.3. The average molecular weight is 588 g/mol. The monoisotopic (exact) mass is 587 g/mol. The molecule has 0 saturated carbocycles. The molecule has 5 aromatic rings. The van der Waals surface area contributed by atoms with Crippen LogP contribution in [0, 0.1) is 11.6 Å². The maximum Gasteiger partial charge on any atom is 0.223 e. The Morgan fingerprint density at radius 1 is 1.08 bits per heavy atom. The first kappa shape index (κ1) is 27.3. The number of fused-ring (bicyclic) bond motifs is 1. The number of rotatable bonds is 5. The summed E-state index contributed by atoms with van der Waals surface area (Å²) in [6.45, 7) is 1.94. The van der Waals surface area contributed by atoms with Crippen molar-refractivity contribution in [3.05, 3.63) is 83.0 Å². The zero-order chi connectivity index (χ0) is 27.4. The predicted octanol–water partition coefficient (Wildman–Crippen LogP) is 5.54. The van der Waals surface area contributed by atoms with Crippen LogP contribution in [0.1, 0.15) is 12.8 Å². The molecule has 1 atom stereocenters. The highest BCUT2D eigenvalue weighted by molar-refractivity contribution is 7.79. The number of piperidine rings is 1. The molecule has 0 bridgehead atoms. The number of hydrogen-bond acceptors (Lipinski definition) is 8. The van der Waals surface area contributed by atoms with Crippen LogP contribution in [0.15, 0.2) is 71.2 Å². The number of thiazole rings is 1. The summed E-state index contributed by atoms with van der Waals surface area (Å²) in [6.07, 6.45) is 5.62. The first-order chi connectivity index (χ1) is 18.9. The second-order valence-corrected chi connectivity index (χ2v) is 10.9. The zero-order valence-corrected chi connectivity index (χ0v) is 22.7. The summed E-state index contributed by atoms with van der Waals surface area (Å²) in [4.78, 5) is 14.7. The fraction of sp³-hybridized carbons (Fsp3) is 0.192. The Balaban J connectivity index is 0.000000261. The molecule has 1 unspecified atom stereocenters. The van der Waals surface area contributed by atoms with Crippen molar-refractivity contribution < 1.29 is 17.5 Å². The van der Waals surface area contributed by atoms with Crippen LogP contribution in [-0.4, -0.2) is 47.2 Å². The Morgan fingerprint density at radius 3 is 2.56 bits per heavy atom. The molecule has 39 heavy (non-hydrogen) atoms. The van der Waals surface area contributed by atoms with Crippen LogP contribution in [0.2, 0.25) is 5.02 Å². The van der Waals surface area contributed by atoms with Crippen molar-refractivity contribution in [2.75, 3.05) is 18.4 Å². The number of nitrogens with zero attached hydrogens (tertiary/aromatic N) is 4. The van der Waals surface area contributed by atoms with Gasteiger partial charge in [-0.2, -0.15) is 0 Å². The van der Waals surface area contributed by atoms with Crippen molar-refractivity contribution in [1.29, 1.82) is 0 Å². The van der Waals surface area contributed by atoms with Crippen LogP contribution in [0.4, 0.5) is 14.7 Å². The third-order valence-corrected chi connectivity index (χ3v) is 7.70. The Kier molecular flexibility index (Phi) is 8.58. The molecular weight excluding hydrogens is 566 g/mol. The van der Waals surface area contributed by atoms with Crippen LogP contribution in [0.3, 0.4) is 0 Å². The van der Waals surface area contributed by atoms with Gasteiger partial charge >= 0.3 is 0 Å². The predicted molar refractivity (Wildman–Crippen MR) is 148 cm³/mol. The highest BCUT2D eigenvalue weighted by Crippen LogP contribution is 2.34. The van der Waals surface area contributed by atoms with Gasteiger partial charge in [-0.1, -0.05) is 11.6 Å². The number of benzene rings is 2. The van der Waals surface area contributed by atoms with Gasteiger partial charge in [0.05, 0.1) is 11.4 Å². The molecule has 202 valence electrons. The standard InChI is InChI=1S/C20H18F2N6S.C6H5ClO2S/c21-14-2-1-12(11-15(14)22)17-18(28-9-10-29-20(28)27-17)16-5-8-24-19(26-16)25-13-3-6-23-7-4-13;7-5-1-3-6(4-2-5)10(8)9/h1-2,5,8-11,13,23H,3-4,6-7H2,(H,24,25,26);1-4H,(H,8,9)/p-1. The minimum absolute atomic E-state index is 0.254. The van der Waals surface area contributed by atoms with Crippen LogP contribution >= 0.6 is 22.9 Å². The van der Waals surface area contributed by atoms with Crippen molar-refractivity contribution in [3.8, 4) is 22.6 Å². The number of halogens is 3. The molecule has 0 aliphatic carbocycles. The van der Waals surface area contributed by atoms with Crippen molar-refractivity contribution in [1.82, 2.24) is 24.7 Å². The van der Waals surface area contributed by atoms with E-state index in [1.807, 2.05) is 16.0 Å². The summed E-state index contributed by atoms with van der Waals surface area (Å²) >= 11 is 4.84. The number of nitrogens with one attached hydrogen (secondary N) is 2. The first-order valence-electron chi connectivity index (χ1n) is 12.0. The lowest BCUT2D eigenvalue weighted by molar-refractivity contribution is 0.477. The summed E-state index contributed by atoms with van der Waals surface area (Å²) in [5.74, 6) is -1.23. The molecule has 0 radical (unpaired) electrons. The highest BCUT2D eigenvalue weighted by Gasteiger charge is 2.20. The summed E-state index contributed by atoms with van der Waals surface area (Å²) < 4.78 is 49.7. The Bertz CT molecular complexity index is 1610. The number of anilines is 1. The SMILES string of the molecule is Fc1ccc(-c2nc3sccn3c2-c2ccnc(NC3CCNCC3)n2)cc1F.O=S([O-])c1ccc(Cl)cc1. The highest BCUT2D eigenvalue weighted by atomic mass is 35.5. The lowest BCUT2D eigenvalue weighted by Gasteiger charge is -2.23. The molecule has 1 aliphatic rings. The summed E-state index contributed by atoms with van der Waals surface area (Å²) in [6, 6.07) is 11.9. The van der Waals surface area contributed by atoms with Crippen LogP contribution in [0.25, 0.3) is 27.6 Å². The van der Waals surface area contributed by atoms with Gasteiger partial charge in [0, 0.05) is 39.3 Å². The van der Waals surface area contributed by atoms with E-state index in [9.17, 15) is 17.5 Å². The van der Waals surface area contributed by atoms with E-state index in [2.05, 4.69) is 20.6 Å². The van der Waals surface area contributed by atoms with Gasteiger partial charge in [0.1, 0.15) is 5.69 Å². The Morgan fingerprint density at radius 2 is 1.85 bits per heavy atom. The van der Waals surface area contributed by atoms with E-state index < -0.39 is 22.7 Å². The summed E-state index contributed by atoms with van der Waals surface area (Å²) in [7, 11) is 0. The molecule has 6 rings (SSSR count). The van der Waals surface area contributed by atoms with Crippen molar-refractivity contribution in [2.24, 2.45) is 0 Å². The van der Waals surface area contributed by atoms with Crippen LogP contribution < -0.4 is 10.6 Å². The molecule has 2 N–H and O–H groups in total. The van der Waals surface area contributed by atoms with E-state index in [-0.39, 0.29) is 4.90 Å². The largest absolute Gasteiger partial charge is 0.768 e. The average Bonchev–Trinajstić information content (AvgIpc) is 3.53. The molecule has 1 fully saturated rings. The molecule has 3 aromatic heterocycles. The van der Waals surface area contributed by atoms with E-state index in [0.29, 0.717) is 34.0 Å². The number of hydrogen-bond donors (Lipinski definition) is 2. The smallest absolute Gasteiger partial charge is 0.223 e.